The maximum absolute atomic E-state index is 2.47. The normalized spacial score (nSPS) is 15.8. The predicted octanol–water partition coefficient (Wildman–Crippen LogP) is 10.3. The van der Waals surface area contributed by atoms with Crippen molar-refractivity contribution in [3.05, 3.63) is 131 Å². The third kappa shape index (κ3) is 2.76. The molecule has 0 bridgehead atoms. The Morgan fingerprint density at radius 1 is 0.368 bits per heavy atom. The van der Waals surface area contributed by atoms with Crippen LogP contribution in [0.4, 0.5) is 0 Å². The number of hydrogen-bond acceptors (Lipinski definition) is 0. The quantitative estimate of drug-likeness (QED) is 0.203. The average molecular weight is 487 g/mol. The van der Waals surface area contributed by atoms with Crippen molar-refractivity contribution < 1.29 is 0 Å². The van der Waals surface area contributed by atoms with E-state index in [-0.39, 0.29) is 10.8 Å². The van der Waals surface area contributed by atoms with Crippen LogP contribution in [-0.4, -0.2) is 0 Å². The second kappa shape index (κ2) is 7.23. The van der Waals surface area contributed by atoms with Crippen LogP contribution in [-0.2, 0) is 10.8 Å². The molecule has 0 heteroatoms. The summed E-state index contributed by atoms with van der Waals surface area (Å²) in [6.07, 6.45) is 0. The molecule has 0 fully saturated rings. The van der Waals surface area contributed by atoms with Gasteiger partial charge >= 0.3 is 0 Å². The van der Waals surface area contributed by atoms with Gasteiger partial charge in [0.05, 0.1) is 0 Å². The van der Waals surface area contributed by atoms with Crippen molar-refractivity contribution >= 4 is 21.5 Å². The van der Waals surface area contributed by atoms with Crippen LogP contribution < -0.4 is 0 Å². The molecule has 0 heterocycles. The molecule has 182 valence electrons. The molecule has 0 atom stereocenters. The Morgan fingerprint density at radius 2 is 0.868 bits per heavy atom. The summed E-state index contributed by atoms with van der Waals surface area (Å²) in [7, 11) is 0. The predicted molar refractivity (Wildman–Crippen MR) is 162 cm³/mol. The zero-order chi connectivity index (χ0) is 25.8. The molecule has 0 radical (unpaired) electrons. The van der Waals surface area contributed by atoms with Crippen LogP contribution in [0.15, 0.2) is 109 Å². The maximum Gasteiger partial charge on any atom is 0.0159 e. The minimum atomic E-state index is 0.000461. The summed E-state index contributed by atoms with van der Waals surface area (Å²) in [5.74, 6) is 0. The van der Waals surface area contributed by atoms with Crippen molar-refractivity contribution in [1.82, 2.24) is 0 Å². The summed E-state index contributed by atoms with van der Waals surface area (Å²) < 4.78 is 0. The lowest BCUT2D eigenvalue weighted by Gasteiger charge is -2.22. The van der Waals surface area contributed by atoms with Crippen LogP contribution >= 0.6 is 0 Å². The molecule has 8 rings (SSSR count). The summed E-state index contributed by atoms with van der Waals surface area (Å²) in [6.45, 7) is 9.44. The fraction of sp³-hybridized carbons (Fsp3) is 0.158. The van der Waals surface area contributed by atoms with Crippen LogP contribution in [0.3, 0.4) is 0 Å². The monoisotopic (exact) mass is 486 g/mol. The molecular weight excluding hydrogens is 456 g/mol. The van der Waals surface area contributed by atoms with Gasteiger partial charge in [-0.15, -0.1) is 0 Å². The van der Waals surface area contributed by atoms with E-state index >= 15 is 0 Å². The smallest absolute Gasteiger partial charge is 0.0159 e. The fourth-order valence-corrected chi connectivity index (χ4v) is 7.31. The standard InChI is InChI=1S/C38H30/c1-37(2)33-11-7-5-9-27(33)29-18-17-25(21-35(29)37)24-15-13-23-14-16-26-20-32-28-10-6-8-12-34(28)38(3,4)36(32)22-31(26)30(23)19-24/h5-22H,1-4H3. The van der Waals surface area contributed by atoms with E-state index < -0.39 is 0 Å². The zero-order valence-electron chi connectivity index (χ0n) is 22.4. The van der Waals surface area contributed by atoms with Gasteiger partial charge in [-0.2, -0.15) is 0 Å². The molecule has 0 saturated carbocycles. The largest absolute Gasteiger partial charge is 0.0619 e. The second-order valence-corrected chi connectivity index (χ2v) is 12.2. The lowest BCUT2D eigenvalue weighted by atomic mass is 9.81. The Hall–Kier alpha value is -4.16. The number of hydrogen-bond donors (Lipinski definition) is 0. The molecule has 0 saturated heterocycles. The zero-order valence-corrected chi connectivity index (χ0v) is 22.4. The average Bonchev–Trinajstić information content (AvgIpc) is 3.31. The van der Waals surface area contributed by atoms with Crippen LogP contribution in [0.25, 0.3) is 54.9 Å². The molecule has 0 unspecified atom stereocenters. The van der Waals surface area contributed by atoms with Crippen molar-refractivity contribution in [1.29, 1.82) is 0 Å². The number of benzene rings is 6. The van der Waals surface area contributed by atoms with Crippen LogP contribution in [0.2, 0.25) is 0 Å². The molecule has 2 aliphatic rings. The van der Waals surface area contributed by atoms with Gasteiger partial charge in [0.1, 0.15) is 0 Å². The lowest BCUT2D eigenvalue weighted by Crippen LogP contribution is -2.14. The highest BCUT2D eigenvalue weighted by Crippen LogP contribution is 2.51. The summed E-state index contributed by atoms with van der Waals surface area (Å²) in [6, 6.07) is 41.3. The Bertz CT molecular complexity index is 1970. The van der Waals surface area contributed by atoms with E-state index in [4.69, 9.17) is 0 Å². The van der Waals surface area contributed by atoms with Crippen molar-refractivity contribution in [2.24, 2.45) is 0 Å². The Labute approximate surface area is 224 Å². The van der Waals surface area contributed by atoms with E-state index in [1.165, 1.54) is 77.2 Å². The fourth-order valence-electron chi connectivity index (χ4n) is 7.31. The molecule has 0 aromatic heterocycles. The van der Waals surface area contributed by atoms with E-state index in [1.807, 2.05) is 0 Å². The number of fused-ring (bicyclic) bond motifs is 9. The van der Waals surface area contributed by atoms with Gasteiger partial charge in [-0.05, 0) is 101 Å². The second-order valence-electron chi connectivity index (χ2n) is 12.2. The Morgan fingerprint density at radius 3 is 1.61 bits per heavy atom. The van der Waals surface area contributed by atoms with E-state index in [2.05, 4.69) is 137 Å². The molecule has 0 spiro atoms. The van der Waals surface area contributed by atoms with E-state index in [9.17, 15) is 0 Å². The first-order chi connectivity index (χ1) is 18.3. The first kappa shape index (κ1) is 21.9. The third-order valence-electron chi connectivity index (χ3n) is 9.46. The van der Waals surface area contributed by atoms with Gasteiger partial charge < -0.3 is 0 Å². The van der Waals surface area contributed by atoms with Crippen LogP contribution in [0, 0.1) is 0 Å². The molecular formula is C38H30. The first-order valence-electron chi connectivity index (χ1n) is 13.7. The van der Waals surface area contributed by atoms with E-state index in [0.29, 0.717) is 0 Å². The molecule has 0 N–H and O–H groups in total. The summed E-state index contributed by atoms with van der Waals surface area (Å²) in [5, 5.41) is 5.28. The molecule has 6 aromatic carbocycles. The van der Waals surface area contributed by atoms with Crippen molar-refractivity contribution in [3.8, 4) is 33.4 Å². The minimum Gasteiger partial charge on any atom is -0.0619 e. The van der Waals surface area contributed by atoms with Crippen LogP contribution in [0.1, 0.15) is 49.9 Å². The van der Waals surface area contributed by atoms with Gasteiger partial charge in [-0.25, -0.2) is 0 Å². The maximum atomic E-state index is 2.47. The molecule has 2 aliphatic carbocycles. The highest BCUT2D eigenvalue weighted by molar-refractivity contribution is 6.11. The number of rotatable bonds is 1. The summed E-state index contributed by atoms with van der Waals surface area (Å²) in [4.78, 5) is 0. The van der Waals surface area contributed by atoms with Gasteiger partial charge in [0, 0.05) is 10.8 Å². The van der Waals surface area contributed by atoms with E-state index in [0.717, 1.165) is 0 Å². The lowest BCUT2D eigenvalue weighted by molar-refractivity contribution is 0.660. The van der Waals surface area contributed by atoms with Crippen molar-refractivity contribution in [2.45, 2.75) is 38.5 Å². The first-order valence-corrected chi connectivity index (χ1v) is 13.7. The molecule has 6 aromatic rings. The Kier molecular flexibility index (Phi) is 4.17. The van der Waals surface area contributed by atoms with Gasteiger partial charge in [0.25, 0.3) is 0 Å². The topological polar surface area (TPSA) is 0 Å². The molecule has 0 aliphatic heterocycles. The highest BCUT2D eigenvalue weighted by atomic mass is 14.4. The van der Waals surface area contributed by atoms with Gasteiger partial charge in [-0.1, -0.05) is 113 Å². The van der Waals surface area contributed by atoms with Gasteiger partial charge in [0.2, 0.25) is 0 Å². The molecule has 38 heavy (non-hydrogen) atoms. The van der Waals surface area contributed by atoms with Crippen LogP contribution in [0.5, 0.6) is 0 Å². The molecule has 0 amide bonds. The Balaban J connectivity index is 1.32. The van der Waals surface area contributed by atoms with Crippen molar-refractivity contribution in [2.75, 3.05) is 0 Å². The SMILES string of the molecule is CC1(C)c2ccccc2-c2ccc(-c3ccc4ccc5cc6c(cc5c4c3)C(C)(C)c3ccccc3-6)cc21. The minimum absolute atomic E-state index is 0.000461. The van der Waals surface area contributed by atoms with E-state index in [1.54, 1.807) is 0 Å². The summed E-state index contributed by atoms with van der Waals surface area (Å²) in [5.41, 5.74) is 13.8. The summed E-state index contributed by atoms with van der Waals surface area (Å²) >= 11 is 0. The van der Waals surface area contributed by atoms with Gasteiger partial charge in [0.15, 0.2) is 0 Å². The third-order valence-corrected chi connectivity index (χ3v) is 9.46. The highest BCUT2D eigenvalue weighted by Gasteiger charge is 2.36. The van der Waals surface area contributed by atoms with Gasteiger partial charge in [-0.3, -0.25) is 0 Å². The van der Waals surface area contributed by atoms with Crippen molar-refractivity contribution in [3.63, 3.8) is 0 Å². The molecule has 0 nitrogen and oxygen atoms in total.